The molecule has 1 aromatic rings. The van der Waals surface area contributed by atoms with Crippen LogP contribution < -0.4 is 4.74 Å². The summed E-state index contributed by atoms with van der Waals surface area (Å²) in [5.41, 5.74) is 0. The van der Waals surface area contributed by atoms with E-state index in [4.69, 9.17) is 32.7 Å². The van der Waals surface area contributed by atoms with Gasteiger partial charge < -0.3 is 9.47 Å². The maximum atomic E-state index is 11.3. The number of rotatable bonds is 4. The molecule has 1 atom stereocenters. The third-order valence-corrected chi connectivity index (χ3v) is 2.20. The van der Waals surface area contributed by atoms with E-state index in [0.717, 1.165) is 0 Å². The summed E-state index contributed by atoms with van der Waals surface area (Å²) in [5.74, 6) is 0.0247. The molecule has 0 aliphatic carbocycles. The Labute approximate surface area is 104 Å². The average Bonchev–Trinajstić information content (AvgIpc) is 2.16. The molecule has 0 saturated heterocycles. The predicted molar refractivity (Wildman–Crippen MR) is 63.2 cm³/mol. The number of ether oxygens (including phenoxy) is 2. The van der Waals surface area contributed by atoms with E-state index in [1.807, 2.05) is 0 Å². The number of hydrogen-bond donors (Lipinski definition) is 0. The second-order valence-electron chi connectivity index (χ2n) is 3.12. The maximum Gasteiger partial charge on any atom is 0.347 e. The average molecular weight is 263 g/mol. The lowest BCUT2D eigenvalue weighted by atomic mass is 10.3. The topological polar surface area (TPSA) is 35.5 Å². The molecule has 0 radical (unpaired) electrons. The van der Waals surface area contributed by atoms with Gasteiger partial charge in [0.1, 0.15) is 5.75 Å². The second-order valence-corrected chi connectivity index (χ2v) is 3.99. The monoisotopic (exact) mass is 262 g/mol. The summed E-state index contributed by atoms with van der Waals surface area (Å²) in [6.07, 6.45) is -0.686. The second kappa shape index (κ2) is 5.97. The lowest BCUT2D eigenvalue weighted by Crippen LogP contribution is -2.26. The molecule has 16 heavy (non-hydrogen) atoms. The highest BCUT2D eigenvalue weighted by molar-refractivity contribution is 6.34. The zero-order valence-corrected chi connectivity index (χ0v) is 10.5. The Kier molecular flexibility index (Phi) is 4.90. The largest absolute Gasteiger partial charge is 0.479 e. The van der Waals surface area contributed by atoms with Crippen molar-refractivity contribution in [3.63, 3.8) is 0 Å². The van der Waals surface area contributed by atoms with Gasteiger partial charge in [-0.2, -0.15) is 0 Å². The van der Waals surface area contributed by atoms with Crippen LogP contribution in [-0.4, -0.2) is 18.7 Å². The van der Waals surface area contributed by atoms with Crippen LogP contribution in [0.4, 0.5) is 0 Å². The van der Waals surface area contributed by atoms with E-state index in [-0.39, 0.29) is 0 Å². The zero-order chi connectivity index (χ0) is 12.1. The van der Waals surface area contributed by atoms with E-state index in [1.54, 1.807) is 32.0 Å². The quantitative estimate of drug-likeness (QED) is 0.781. The molecular weight excluding hydrogens is 251 g/mol. The van der Waals surface area contributed by atoms with Crippen molar-refractivity contribution in [1.82, 2.24) is 0 Å². The SMILES string of the molecule is CCOC(=O)[C@H](C)Oc1cc(Cl)cc(Cl)c1. The molecule has 1 aromatic carbocycles. The van der Waals surface area contributed by atoms with E-state index >= 15 is 0 Å². The van der Waals surface area contributed by atoms with E-state index < -0.39 is 12.1 Å². The molecule has 3 nitrogen and oxygen atoms in total. The van der Waals surface area contributed by atoms with Gasteiger partial charge in [0.05, 0.1) is 6.61 Å². The Hall–Kier alpha value is -0.930. The van der Waals surface area contributed by atoms with Crippen molar-refractivity contribution in [2.24, 2.45) is 0 Å². The van der Waals surface area contributed by atoms with Crippen LogP contribution in [0.3, 0.4) is 0 Å². The Balaban J connectivity index is 2.69. The van der Waals surface area contributed by atoms with Crippen molar-refractivity contribution < 1.29 is 14.3 Å². The molecule has 0 saturated carbocycles. The van der Waals surface area contributed by atoms with E-state index in [0.29, 0.717) is 22.4 Å². The highest BCUT2D eigenvalue weighted by Crippen LogP contribution is 2.24. The minimum absolute atomic E-state index is 0.322. The molecule has 0 aliphatic rings. The van der Waals surface area contributed by atoms with Gasteiger partial charge in [0, 0.05) is 10.0 Å². The Morgan fingerprint density at radius 2 is 1.88 bits per heavy atom. The number of carbonyl (C=O) groups is 1. The molecule has 0 amide bonds. The first-order chi connectivity index (χ1) is 7.52. The van der Waals surface area contributed by atoms with Gasteiger partial charge in [0.25, 0.3) is 0 Å². The van der Waals surface area contributed by atoms with Crippen LogP contribution in [-0.2, 0) is 9.53 Å². The van der Waals surface area contributed by atoms with Crippen molar-refractivity contribution in [3.05, 3.63) is 28.2 Å². The Morgan fingerprint density at radius 1 is 1.31 bits per heavy atom. The minimum Gasteiger partial charge on any atom is -0.479 e. The molecule has 0 fully saturated rings. The fourth-order valence-corrected chi connectivity index (χ4v) is 1.61. The van der Waals surface area contributed by atoms with Gasteiger partial charge in [-0.25, -0.2) is 4.79 Å². The van der Waals surface area contributed by atoms with Crippen LogP contribution in [0, 0.1) is 0 Å². The van der Waals surface area contributed by atoms with Gasteiger partial charge in [-0.15, -0.1) is 0 Å². The maximum absolute atomic E-state index is 11.3. The van der Waals surface area contributed by atoms with Crippen molar-refractivity contribution in [2.75, 3.05) is 6.61 Å². The van der Waals surface area contributed by atoms with Crippen LogP contribution in [0.5, 0.6) is 5.75 Å². The van der Waals surface area contributed by atoms with Crippen LogP contribution in [0.1, 0.15) is 13.8 Å². The van der Waals surface area contributed by atoms with Crippen LogP contribution in [0.2, 0.25) is 10.0 Å². The third kappa shape index (κ3) is 3.91. The first-order valence-electron chi connectivity index (χ1n) is 4.82. The lowest BCUT2D eigenvalue weighted by Gasteiger charge is -2.13. The number of hydrogen-bond acceptors (Lipinski definition) is 3. The third-order valence-electron chi connectivity index (χ3n) is 1.77. The number of carbonyl (C=O) groups excluding carboxylic acids is 1. The molecular formula is C11H12Cl2O3. The van der Waals surface area contributed by atoms with E-state index in [2.05, 4.69) is 0 Å². The lowest BCUT2D eigenvalue weighted by molar-refractivity contribution is -0.150. The fraction of sp³-hybridized carbons (Fsp3) is 0.364. The summed E-state index contributed by atoms with van der Waals surface area (Å²) >= 11 is 11.6. The number of halogens is 2. The molecule has 5 heteroatoms. The van der Waals surface area contributed by atoms with Gasteiger partial charge in [0.15, 0.2) is 6.10 Å². The van der Waals surface area contributed by atoms with Crippen molar-refractivity contribution in [1.29, 1.82) is 0 Å². The smallest absolute Gasteiger partial charge is 0.347 e. The highest BCUT2D eigenvalue weighted by Gasteiger charge is 2.15. The normalized spacial score (nSPS) is 12.0. The van der Waals surface area contributed by atoms with Crippen molar-refractivity contribution in [2.45, 2.75) is 20.0 Å². The van der Waals surface area contributed by atoms with Gasteiger partial charge in [-0.1, -0.05) is 23.2 Å². The van der Waals surface area contributed by atoms with Crippen molar-refractivity contribution >= 4 is 29.2 Å². The minimum atomic E-state index is -0.686. The summed E-state index contributed by atoms with van der Waals surface area (Å²) in [6, 6.07) is 4.76. The summed E-state index contributed by atoms with van der Waals surface area (Å²) in [7, 11) is 0. The van der Waals surface area contributed by atoms with Gasteiger partial charge >= 0.3 is 5.97 Å². The van der Waals surface area contributed by atoms with Crippen LogP contribution >= 0.6 is 23.2 Å². The molecule has 0 N–H and O–H groups in total. The Morgan fingerprint density at radius 3 is 2.38 bits per heavy atom. The molecule has 0 bridgehead atoms. The van der Waals surface area contributed by atoms with Gasteiger partial charge in [-0.3, -0.25) is 0 Å². The first-order valence-corrected chi connectivity index (χ1v) is 5.58. The van der Waals surface area contributed by atoms with E-state index in [9.17, 15) is 4.79 Å². The number of benzene rings is 1. The molecule has 0 unspecified atom stereocenters. The molecule has 0 aliphatic heterocycles. The first kappa shape index (κ1) is 13.1. The van der Waals surface area contributed by atoms with Gasteiger partial charge in [-0.05, 0) is 32.0 Å². The summed E-state index contributed by atoms with van der Waals surface area (Å²) in [6.45, 7) is 3.66. The molecule has 0 heterocycles. The highest BCUT2D eigenvalue weighted by atomic mass is 35.5. The standard InChI is InChI=1S/C11H12Cl2O3/c1-3-15-11(14)7(2)16-10-5-8(12)4-9(13)6-10/h4-7H,3H2,1-2H3/t7-/m0/s1. The number of esters is 1. The predicted octanol–water partition coefficient (Wildman–Crippen LogP) is 3.32. The summed E-state index contributed by atoms with van der Waals surface area (Å²) in [5, 5.41) is 0.914. The van der Waals surface area contributed by atoms with Crippen molar-refractivity contribution in [3.8, 4) is 5.75 Å². The van der Waals surface area contributed by atoms with Gasteiger partial charge in [0.2, 0.25) is 0 Å². The zero-order valence-electron chi connectivity index (χ0n) is 9.00. The molecule has 88 valence electrons. The summed E-state index contributed by atoms with van der Waals surface area (Å²) < 4.78 is 10.2. The molecule has 0 aromatic heterocycles. The van der Waals surface area contributed by atoms with E-state index in [1.165, 1.54) is 0 Å². The van der Waals surface area contributed by atoms with Crippen LogP contribution in [0.15, 0.2) is 18.2 Å². The Bertz CT molecular complexity index is 359. The molecule has 1 rings (SSSR count). The fourth-order valence-electron chi connectivity index (χ4n) is 1.11. The molecule has 0 spiro atoms. The summed E-state index contributed by atoms with van der Waals surface area (Å²) in [4.78, 5) is 11.3. The van der Waals surface area contributed by atoms with Crippen LogP contribution in [0.25, 0.3) is 0 Å².